The maximum absolute atomic E-state index is 9.32. The smallest absolute Gasteiger partial charge is 0.0817 e. The molecule has 0 saturated heterocycles. The molecule has 12 heavy (non-hydrogen) atoms. The third-order valence-electron chi connectivity index (χ3n) is 1.52. The molecule has 0 aliphatic rings. The number of alkyl halides is 2. The van der Waals surface area contributed by atoms with Crippen molar-refractivity contribution in [2.75, 3.05) is 6.61 Å². The van der Waals surface area contributed by atoms with E-state index in [1.54, 1.807) is 0 Å². The maximum atomic E-state index is 9.32. The van der Waals surface area contributed by atoms with Crippen LogP contribution in [0.2, 0.25) is 0 Å². The topological polar surface area (TPSA) is 60.7 Å². The molecular formula is C7H14Br2O3. The fraction of sp³-hybridized carbons (Fsp3) is 1.00. The van der Waals surface area contributed by atoms with Crippen LogP contribution in [0.5, 0.6) is 0 Å². The molecule has 0 aliphatic heterocycles. The van der Waals surface area contributed by atoms with Gasteiger partial charge in [-0.3, -0.25) is 0 Å². The first-order valence-electron chi connectivity index (χ1n) is 3.83. The second-order valence-electron chi connectivity index (χ2n) is 2.63. The monoisotopic (exact) mass is 304 g/mol. The minimum Gasteiger partial charge on any atom is -0.396 e. The Kier molecular flexibility index (Phi) is 7.77. The van der Waals surface area contributed by atoms with E-state index in [4.69, 9.17) is 5.11 Å². The Balaban J connectivity index is 3.53. The third-order valence-corrected chi connectivity index (χ3v) is 2.27. The van der Waals surface area contributed by atoms with E-state index in [2.05, 4.69) is 31.9 Å². The molecule has 0 aromatic carbocycles. The number of aliphatic hydroxyl groups excluding tert-OH is 3. The van der Waals surface area contributed by atoms with Crippen molar-refractivity contribution in [1.29, 1.82) is 0 Å². The van der Waals surface area contributed by atoms with Gasteiger partial charge in [0.2, 0.25) is 0 Å². The van der Waals surface area contributed by atoms with Gasteiger partial charge in [-0.1, -0.05) is 31.9 Å². The largest absolute Gasteiger partial charge is 0.396 e. The molecule has 0 heterocycles. The number of rotatable bonds is 6. The Labute approximate surface area is 89.0 Å². The second kappa shape index (κ2) is 7.26. The van der Waals surface area contributed by atoms with Gasteiger partial charge in [0.05, 0.1) is 15.9 Å². The zero-order valence-electron chi connectivity index (χ0n) is 6.66. The number of hydrogen-bond acceptors (Lipinski definition) is 3. The SMILES string of the molecule is OCCCC(O)C(O)CC(Br)Br. The van der Waals surface area contributed by atoms with Gasteiger partial charge >= 0.3 is 0 Å². The number of halogens is 2. The molecule has 2 atom stereocenters. The minimum absolute atomic E-state index is 0.0174. The quantitative estimate of drug-likeness (QED) is 0.641. The van der Waals surface area contributed by atoms with Crippen molar-refractivity contribution in [1.82, 2.24) is 0 Å². The van der Waals surface area contributed by atoms with E-state index in [-0.39, 0.29) is 10.3 Å². The molecule has 0 rings (SSSR count). The van der Waals surface area contributed by atoms with Crippen LogP contribution in [0.4, 0.5) is 0 Å². The van der Waals surface area contributed by atoms with Gasteiger partial charge in [-0.25, -0.2) is 0 Å². The van der Waals surface area contributed by atoms with E-state index < -0.39 is 12.2 Å². The molecule has 0 spiro atoms. The summed E-state index contributed by atoms with van der Waals surface area (Å²) in [5.74, 6) is 0. The molecule has 0 aliphatic carbocycles. The van der Waals surface area contributed by atoms with Crippen LogP contribution in [0.25, 0.3) is 0 Å². The predicted molar refractivity (Wildman–Crippen MR) is 54.6 cm³/mol. The Morgan fingerprint density at radius 2 is 1.67 bits per heavy atom. The van der Waals surface area contributed by atoms with E-state index in [9.17, 15) is 10.2 Å². The van der Waals surface area contributed by atoms with Crippen LogP contribution in [0.1, 0.15) is 19.3 Å². The van der Waals surface area contributed by atoms with E-state index in [1.807, 2.05) is 0 Å². The van der Waals surface area contributed by atoms with Crippen molar-refractivity contribution in [3.8, 4) is 0 Å². The summed E-state index contributed by atoms with van der Waals surface area (Å²) < 4.78 is 0.0174. The average molecular weight is 306 g/mol. The van der Waals surface area contributed by atoms with Gasteiger partial charge < -0.3 is 15.3 Å². The van der Waals surface area contributed by atoms with E-state index in [0.29, 0.717) is 19.3 Å². The Morgan fingerprint density at radius 1 is 1.08 bits per heavy atom. The lowest BCUT2D eigenvalue weighted by Crippen LogP contribution is -2.27. The first-order chi connectivity index (χ1) is 5.57. The summed E-state index contributed by atoms with van der Waals surface area (Å²) in [7, 11) is 0. The van der Waals surface area contributed by atoms with Crippen LogP contribution < -0.4 is 0 Å². The van der Waals surface area contributed by atoms with Gasteiger partial charge in [0.25, 0.3) is 0 Å². The van der Waals surface area contributed by atoms with E-state index in [0.717, 1.165) is 0 Å². The highest BCUT2D eigenvalue weighted by Crippen LogP contribution is 2.17. The van der Waals surface area contributed by atoms with Crippen molar-refractivity contribution in [2.24, 2.45) is 0 Å². The molecule has 0 aromatic heterocycles. The highest BCUT2D eigenvalue weighted by Gasteiger charge is 2.17. The van der Waals surface area contributed by atoms with Gasteiger partial charge in [0.1, 0.15) is 0 Å². The summed E-state index contributed by atoms with van der Waals surface area (Å²) in [5.41, 5.74) is 0. The summed E-state index contributed by atoms with van der Waals surface area (Å²) in [6.07, 6.45) is -0.0696. The molecule has 0 aromatic rings. The van der Waals surface area contributed by atoms with Gasteiger partial charge in [-0.2, -0.15) is 0 Å². The molecule has 2 unspecified atom stereocenters. The summed E-state index contributed by atoms with van der Waals surface area (Å²) in [4.78, 5) is 0. The van der Waals surface area contributed by atoms with Crippen molar-refractivity contribution >= 4 is 31.9 Å². The Bertz CT molecular complexity index is 111. The maximum Gasteiger partial charge on any atom is 0.0817 e. The van der Waals surface area contributed by atoms with Crippen LogP contribution in [0, 0.1) is 0 Å². The van der Waals surface area contributed by atoms with Crippen LogP contribution in [-0.2, 0) is 0 Å². The Hall–Kier alpha value is 0.840. The molecule has 0 amide bonds. The molecule has 0 fully saturated rings. The molecule has 3 nitrogen and oxygen atoms in total. The lowest BCUT2D eigenvalue weighted by atomic mass is 10.1. The third kappa shape index (κ3) is 6.37. The number of aliphatic hydroxyl groups is 3. The molecule has 0 bridgehead atoms. The normalized spacial score (nSPS) is 16.5. The molecule has 0 radical (unpaired) electrons. The fourth-order valence-corrected chi connectivity index (χ4v) is 1.60. The summed E-state index contributed by atoms with van der Waals surface area (Å²) in [6, 6.07) is 0. The van der Waals surface area contributed by atoms with Crippen LogP contribution in [0.3, 0.4) is 0 Å². The zero-order chi connectivity index (χ0) is 9.56. The minimum atomic E-state index is -0.741. The van der Waals surface area contributed by atoms with Crippen LogP contribution >= 0.6 is 31.9 Å². The van der Waals surface area contributed by atoms with Gasteiger partial charge in [-0.05, 0) is 19.3 Å². The van der Waals surface area contributed by atoms with Crippen molar-refractivity contribution < 1.29 is 15.3 Å². The lowest BCUT2D eigenvalue weighted by Gasteiger charge is -2.17. The van der Waals surface area contributed by atoms with Crippen LogP contribution in [0.15, 0.2) is 0 Å². The first kappa shape index (κ1) is 12.8. The van der Waals surface area contributed by atoms with Crippen molar-refractivity contribution in [2.45, 2.75) is 35.2 Å². The van der Waals surface area contributed by atoms with Crippen molar-refractivity contribution in [3.05, 3.63) is 0 Å². The predicted octanol–water partition coefficient (Wildman–Crippen LogP) is 0.987. The molecular weight excluding hydrogens is 292 g/mol. The second-order valence-corrected chi connectivity index (χ2v) is 6.07. The average Bonchev–Trinajstić information content (AvgIpc) is 1.98. The van der Waals surface area contributed by atoms with Crippen molar-refractivity contribution in [3.63, 3.8) is 0 Å². The zero-order valence-corrected chi connectivity index (χ0v) is 9.83. The summed E-state index contributed by atoms with van der Waals surface area (Å²) in [5, 5.41) is 27.1. The fourth-order valence-electron chi connectivity index (χ4n) is 0.832. The van der Waals surface area contributed by atoms with Gasteiger partial charge in [0.15, 0.2) is 0 Å². The molecule has 5 heteroatoms. The first-order valence-corrected chi connectivity index (χ1v) is 5.66. The van der Waals surface area contributed by atoms with Gasteiger partial charge in [0, 0.05) is 6.61 Å². The lowest BCUT2D eigenvalue weighted by molar-refractivity contribution is 0.00939. The summed E-state index contributed by atoms with van der Waals surface area (Å²) in [6.45, 7) is 0.0514. The molecule has 0 saturated carbocycles. The van der Waals surface area contributed by atoms with E-state index in [1.165, 1.54) is 0 Å². The number of hydrogen-bond donors (Lipinski definition) is 3. The molecule has 74 valence electrons. The molecule has 3 N–H and O–H groups in total. The van der Waals surface area contributed by atoms with Gasteiger partial charge in [-0.15, -0.1) is 0 Å². The highest BCUT2D eigenvalue weighted by molar-refractivity contribution is 9.24. The van der Waals surface area contributed by atoms with E-state index >= 15 is 0 Å². The standard InChI is InChI=1S/C7H14Br2O3/c8-7(9)4-6(12)5(11)2-1-3-10/h5-7,10-12H,1-4H2. The summed E-state index contributed by atoms with van der Waals surface area (Å²) >= 11 is 6.42. The highest BCUT2D eigenvalue weighted by atomic mass is 79.9. The van der Waals surface area contributed by atoms with Crippen LogP contribution in [-0.4, -0.2) is 37.9 Å². The Morgan fingerprint density at radius 3 is 2.08 bits per heavy atom.